The maximum Gasteiger partial charge on any atom is 0.0897 e. The van der Waals surface area contributed by atoms with Gasteiger partial charge in [-0.3, -0.25) is 15.5 Å². The van der Waals surface area contributed by atoms with Gasteiger partial charge in [0.15, 0.2) is 0 Å². The zero-order valence-electron chi connectivity index (χ0n) is 10.4. The van der Waals surface area contributed by atoms with Crippen molar-refractivity contribution < 1.29 is 0 Å². The second-order valence-electron chi connectivity index (χ2n) is 4.03. The molecule has 96 valence electrons. The van der Waals surface area contributed by atoms with Crippen molar-refractivity contribution in [2.24, 2.45) is 12.9 Å². The van der Waals surface area contributed by atoms with Gasteiger partial charge in [-0.05, 0) is 23.6 Å². The van der Waals surface area contributed by atoms with Gasteiger partial charge in [0.05, 0.1) is 23.0 Å². The Morgan fingerprint density at radius 2 is 2.28 bits per heavy atom. The second-order valence-corrected chi connectivity index (χ2v) is 4.44. The first kappa shape index (κ1) is 13.0. The predicted molar refractivity (Wildman–Crippen MR) is 71.0 cm³/mol. The van der Waals surface area contributed by atoms with E-state index in [1.54, 1.807) is 17.1 Å². The van der Waals surface area contributed by atoms with Crippen LogP contribution in [0.3, 0.4) is 0 Å². The Morgan fingerprint density at radius 1 is 1.50 bits per heavy atom. The summed E-state index contributed by atoms with van der Waals surface area (Å²) in [6.45, 7) is 2.08. The summed E-state index contributed by atoms with van der Waals surface area (Å²) >= 11 is 6.17. The number of hydrogen-bond donors (Lipinski definition) is 2. The molecular weight excluding hydrogens is 250 g/mol. The van der Waals surface area contributed by atoms with Crippen LogP contribution >= 0.6 is 11.6 Å². The van der Waals surface area contributed by atoms with Crippen LogP contribution < -0.4 is 11.3 Å². The fourth-order valence-electron chi connectivity index (χ4n) is 2.08. The molecule has 18 heavy (non-hydrogen) atoms. The van der Waals surface area contributed by atoms with Gasteiger partial charge in [0.1, 0.15) is 0 Å². The smallest absolute Gasteiger partial charge is 0.0897 e. The Balaban J connectivity index is 2.52. The topological polar surface area (TPSA) is 68.8 Å². The first-order valence-electron chi connectivity index (χ1n) is 5.75. The van der Waals surface area contributed by atoms with E-state index in [1.807, 2.05) is 19.3 Å². The third-order valence-electron chi connectivity index (χ3n) is 3.01. The van der Waals surface area contributed by atoms with E-state index in [2.05, 4.69) is 22.4 Å². The maximum atomic E-state index is 6.17. The fourth-order valence-corrected chi connectivity index (χ4v) is 2.35. The first-order valence-corrected chi connectivity index (χ1v) is 6.13. The van der Waals surface area contributed by atoms with Gasteiger partial charge < -0.3 is 0 Å². The molecule has 2 rings (SSSR count). The van der Waals surface area contributed by atoms with Crippen molar-refractivity contribution in [3.8, 4) is 0 Å². The largest absolute Gasteiger partial charge is 0.271 e. The van der Waals surface area contributed by atoms with Crippen LogP contribution in [0.4, 0.5) is 0 Å². The number of nitrogens with one attached hydrogen (secondary N) is 1. The van der Waals surface area contributed by atoms with E-state index in [-0.39, 0.29) is 6.04 Å². The lowest BCUT2D eigenvalue weighted by molar-refractivity contribution is 0.571. The van der Waals surface area contributed by atoms with Gasteiger partial charge in [0.25, 0.3) is 0 Å². The van der Waals surface area contributed by atoms with Gasteiger partial charge in [0, 0.05) is 19.4 Å². The van der Waals surface area contributed by atoms with Crippen molar-refractivity contribution in [3.63, 3.8) is 0 Å². The Morgan fingerprint density at radius 3 is 2.83 bits per heavy atom. The highest BCUT2D eigenvalue weighted by Crippen LogP contribution is 2.28. The average Bonchev–Trinajstić information content (AvgIpc) is 2.72. The van der Waals surface area contributed by atoms with Crippen LogP contribution in [-0.2, 0) is 13.5 Å². The molecule has 0 aliphatic rings. The molecule has 0 radical (unpaired) electrons. The van der Waals surface area contributed by atoms with E-state index >= 15 is 0 Å². The number of halogens is 1. The number of rotatable bonds is 4. The Bertz CT molecular complexity index is 518. The predicted octanol–water partition coefficient (Wildman–Crippen LogP) is 1.58. The molecule has 2 aromatic rings. The number of nitrogens with two attached hydrogens (primary N) is 1. The number of pyridine rings is 1. The molecule has 6 heteroatoms. The lowest BCUT2D eigenvalue weighted by atomic mass is 9.99. The van der Waals surface area contributed by atoms with Gasteiger partial charge >= 0.3 is 0 Å². The zero-order chi connectivity index (χ0) is 13.1. The number of nitrogens with zero attached hydrogens (tertiary/aromatic N) is 3. The van der Waals surface area contributed by atoms with Crippen LogP contribution in [0.15, 0.2) is 24.7 Å². The van der Waals surface area contributed by atoms with Crippen molar-refractivity contribution in [3.05, 3.63) is 46.5 Å². The van der Waals surface area contributed by atoms with Gasteiger partial charge in [0.2, 0.25) is 0 Å². The second kappa shape index (κ2) is 5.48. The van der Waals surface area contributed by atoms with E-state index in [0.29, 0.717) is 5.02 Å². The molecule has 0 saturated carbocycles. The van der Waals surface area contributed by atoms with Crippen LogP contribution in [0.25, 0.3) is 0 Å². The number of aryl methyl sites for hydroxylation is 2. The number of hydrogen-bond acceptors (Lipinski definition) is 4. The van der Waals surface area contributed by atoms with Gasteiger partial charge in [-0.25, -0.2) is 5.43 Å². The van der Waals surface area contributed by atoms with Crippen LogP contribution in [0.1, 0.15) is 29.8 Å². The van der Waals surface area contributed by atoms with Crippen molar-refractivity contribution in [1.82, 2.24) is 20.2 Å². The van der Waals surface area contributed by atoms with Gasteiger partial charge in [-0.1, -0.05) is 18.5 Å². The molecule has 5 nitrogen and oxygen atoms in total. The summed E-state index contributed by atoms with van der Waals surface area (Å²) in [5, 5.41) is 4.74. The zero-order valence-corrected chi connectivity index (χ0v) is 11.1. The standard InChI is InChI=1S/C12H16ClN5/c1-3-8-6-15-5-4-9(8)11(17-14)12-10(13)7-16-18(12)2/h4-7,11,17H,3,14H2,1-2H3. The molecule has 0 bridgehead atoms. The summed E-state index contributed by atoms with van der Waals surface area (Å²) in [7, 11) is 1.85. The van der Waals surface area contributed by atoms with Crippen LogP contribution in [0.2, 0.25) is 5.02 Å². The van der Waals surface area contributed by atoms with Crippen molar-refractivity contribution in [2.75, 3.05) is 0 Å². The Hall–Kier alpha value is -1.43. The molecule has 2 heterocycles. The van der Waals surface area contributed by atoms with E-state index in [9.17, 15) is 0 Å². The van der Waals surface area contributed by atoms with Crippen molar-refractivity contribution >= 4 is 11.6 Å². The third-order valence-corrected chi connectivity index (χ3v) is 3.30. The molecule has 0 aromatic carbocycles. The van der Waals surface area contributed by atoms with Crippen molar-refractivity contribution in [2.45, 2.75) is 19.4 Å². The highest BCUT2D eigenvalue weighted by atomic mass is 35.5. The fraction of sp³-hybridized carbons (Fsp3) is 0.333. The minimum Gasteiger partial charge on any atom is -0.271 e. The summed E-state index contributed by atoms with van der Waals surface area (Å²) in [5.74, 6) is 5.69. The maximum absolute atomic E-state index is 6.17. The molecule has 0 fully saturated rings. The van der Waals surface area contributed by atoms with E-state index < -0.39 is 0 Å². The number of aromatic nitrogens is 3. The summed E-state index contributed by atoms with van der Waals surface area (Å²) < 4.78 is 1.73. The third kappa shape index (κ3) is 2.25. The Kier molecular flexibility index (Phi) is 3.96. The normalized spacial score (nSPS) is 12.7. The molecule has 0 aliphatic carbocycles. The molecule has 3 N–H and O–H groups in total. The highest BCUT2D eigenvalue weighted by Gasteiger charge is 2.21. The quantitative estimate of drug-likeness (QED) is 0.651. The molecule has 1 unspecified atom stereocenters. The summed E-state index contributed by atoms with van der Waals surface area (Å²) in [6, 6.07) is 1.76. The van der Waals surface area contributed by atoms with Crippen LogP contribution in [0, 0.1) is 0 Å². The average molecular weight is 266 g/mol. The summed E-state index contributed by atoms with van der Waals surface area (Å²) in [5.41, 5.74) is 5.86. The minimum absolute atomic E-state index is 0.192. The highest BCUT2D eigenvalue weighted by molar-refractivity contribution is 6.31. The lowest BCUT2D eigenvalue weighted by Crippen LogP contribution is -2.31. The summed E-state index contributed by atoms with van der Waals surface area (Å²) in [6.07, 6.45) is 6.11. The van der Waals surface area contributed by atoms with Gasteiger partial charge in [-0.15, -0.1) is 0 Å². The minimum atomic E-state index is -0.192. The molecule has 1 atom stereocenters. The SMILES string of the molecule is CCc1cnccc1C(NN)c1c(Cl)cnn1C. The van der Waals surface area contributed by atoms with Gasteiger partial charge in [-0.2, -0.15) is 5.10 Å². The molecule has 0 aliphatic heterocycles. The Labute approximate surface area is 111 Å². The van der Waals surface area contributed by atoms with E-state index in [4.69, 9.17) is 17.4 Å². The molecule has 2 aromatic heterocycles. The van der Waals surface area contributed by atoms with Crippen LogP contribution in [0.5, 0.6) is 0 Å². The lowest BCUT2D eigenvalue weighted by Gasteiger charge is -2.19. The molecular formula is C12H16ClN5. The van der Waals surface area contributed by atoms with Crippen LogP contribution in [-0.4, -0.2) is 14.8 Å². The summed E-state index contributed by atoms with van der Waals surface area (Å²) in [4.78, 5) is 4.14. The number of hydrazine groups is 1. The van der Waals surface area contributed by atoms with E-state index in [1.165, 1.54) is 0 Å². The van der Waals surface area contributed by atoms with Crippen molar-refractivity contribution in [1.29, 1.82) is 0 Å². The molecule has 0 saturated heterocycles. The van der Waals surface area contributed by atoms with E-state index in [0.717, 1.165) is 23.2 Å². The first-order chi connectivity index (χ1) is 8.69. The monoisotopic (exact) mass is 265 g/mol. The molecule has 0 amide bonds. The molecule has 0 spiro atoms.